The Morgan fingerprint density at radius 3 is 2.33 bits per heavy atom. The number of fused-ring (bicyclic) bond motifs is 1. The molecule has 0 saturated heterocycles. The summed E-state index contributed by atoms with van der Waals surface area (Å²) in [5, 5.41) is 12.7. The third kappa shape index (κ3) is 8.62. The predicted octanol–water partition coefficient (Wildman–Crippen LogP) is 8.84. The van der Waals surface area contributed by atoms with Gasteiger partial charge in [0.05, 0.1) is 0 Å². The van der Waals surface area contributed by atoms with E-state index in [4.69, 9.17) is 9.47 Å². The van der Waals surface area contributed by atoms with Gasteiger partial charge >= 0.3 is 11.9 Å². The van der Waals surface area contributed by atoms with Crippen LogP contribution in [0.3, 0.4) is 0 Å². The maximum Gasteiger partial charge on any atom is 0.306 e. The zero-order chi connectivity index (χ0) is 31.8. The van der Waals surface area contributed by atoms with E-state index < -0.39 is 11.7 Å². The molecule has 3 aliphatic carbocycles. The van der Waals surface area contributed by atoms with Crippen LogP contribution >= 0.6 is 0 Å². The lowest BCUT2D eigenvalue weighted by Crippen LogP contribution is -2.57. The number of ether oxygens (including phenoxy) is 2. The Morgan fingerprint density at radius 2 is 1.67 bits per heavy atom. The van der Waals surface area contributed by atoms with Crippen molar-refractivity contribution in [1.29, 1.82) is 0 Å². The molecule has 0 aromatic heterocycles. The smallest absolute Gasteiger partial charge is 0.306 e. The quantitative estimate of drug-likeness (QED) is 0.161. The van der Waals surface area contributed by atoms with E-state index in [9.17, 15) is 14.7 Å². The summed E-state index contributed by atoms with van der Waals surface area (Å²) in [5.41, 5.74) is 0.634. The van der Waals surface area contributed by atoms with Gasteiger partial charge in [0, 0.05) is 19.3 Å². The van der Waals surface area contributed by atoms with Gasteiger partial charge in [0.25, 0.3) is 0 Å². The molecule has 3 fully saturated rings. The Kier molecular flexibility index (Phi) is 12.7. The van der Waals surface area contributed by atoms with Crippen molar-refractivity contribution in [2.45, 2.75) is 129 Å². The third-order valence-electron chi connectivity index (χ3n) is 10.9. The van der Waals surface area contributed by atoms with E-state index in [1.165, 1.54) is 0 Å². The summed E-state index contributed by atoms with van der Waals surface area (Å²) in [6.07, 6.45) is 17.2. The number of carbonyl (C=O) groups is 2. The molecule has 0 aromatic rings. The van der Waals surface area contributed by atoms with E-state index in [0.29, 0.717) is 68.6 Å². The van der Waals surface area contributed by atoms with E-state index in [2.05, 4.69) is 66.5 Å². The zero-order valence-corrected chi connectivity index (χ0v) is 27.6. The SMILES string of the molecule is C=CCCC(=O)O[C@@H]1CCC(=C)/C(=C\[C@@H](OC(=O)CCC=C)[C@]2(O)CCC[C@]3(C)[C@@H]([C@H](C)/C=C/[C@H](C)C(C)C)CC[C@H]32)C1. The lowest BCUT2D eigenvalue weighted by Gasteiger charge is -2.52. The fraction of sp³-hybridized carbons (Fsp3) is 0.684. The Hall–Kier alpha value is -2.40. The predicted molar refractivity (Wildman–Crippen MR) is 175 cm³/mol. The maximum atomic E-state index is 13.1. The molecular weight excluding hydrogens is 536 g/mol. The summed E-state index contributed by atoms with van der Waals surface area (Å²) in [5.74, 6) is 1.43. The van der Waals surface area contributed by atoms with Gasteiger partial charge in [0.2, 0.25) is 0 Å². The van der Waals surface area contributed by atoms with Gasteiger partial charge in [0.15, 0.2) is 0 Å². The van der Waals surface area contributed by atoms with Crippen molar-refractivity contribution in [2.24, 2.45) is 35.0 Å². The van der Waals surface area contributed by atoms with Crippen molar-refractivity contribution in [1.82, 2.24) is 0 Å². The number of esters is 2. The molecule has 8 atom stereocenters. The minimum Gasteiger partial charge on any atom is -0.462 e. The lowest BCUT2D eigenvalue weighted by molar-refractivity contribution is -0.185. The summed E-state index contributed by atoms with van der Waals surface area (Å²) < 4.78 is 12.0. The van der Waals surface area contributed by atoms with Crippen LogP contribution in [0.25, 0.3) is 0 Å². The normalized spacial score (nSPS) is 32.3. The fourth-order valence-electron chi connectivity index (χ4n) is 7.90. The summed E-state index contributed by atoms with van der Waals surface area (Å²) in [7, 11) is 0. The number of carbonyl (C=O) groups excluding carboxylic acids is 2. The van der Waals surface area contributed by atoms with Crippen molar-refractivity contribution >= 4 is 11.9 Å². The van der Waals surface area contributed by atoms with Crippen LogP contribution in [-0.4, -0.2) is 34.9 Å². The average Bonchev–Trinajstić information content (AvgIpc) is 3.33. The number of hydrogen-bond donors (Lipinski definition) is 1. The Bertz CT molecular complexity index is 1070. The Labute approximate surface area is 261 Å². The number of rotatable bonds is 14. The molecule has 43 heavy (non-hydrogen) atoms. The van der Waals surface area contributed by atoms with Gasteiger partial charge in [0.1, 0.15) is 17.8 Å². The summed E-state index contributed by atoms with van der Waals surface area (Å²) >= 11 is 0. The second-order valence-electron chi connectivity index (χ2n) is 14.1. The van der Waals surface area contributed by atoms with Crippen LogP contribution in [0.15, 0.2) is 61.3 Å². The molecule has 3 aliphatic rings. The van der Waals surface area contributed by atoms with Crippen LogP contribution in [0.4, 0.5) is 0 Å². The average molecular weight is 595 g/mol. The summed E-state index contributed by atoms with van der Waals surface area (Å²) in [4.78, 5) is 25.4. The highest BCUT2D eigenvalue weighted by Gasteiger charge is 2.60. The number of hydrogen-bond acceptors (Lipinski definition) is 5. The van der Waals surface area contributed by atoms with Gasteiger partial charge in [-0.05, 0) is 104 Å². The van der Waals surface area contributed by atoms with E-state index in [1.54, 1.807) is 12.2 Å². The van der Waals surface area contributed by atoms with Gasteiger partial charge in [-0.1, -0.05) is 71.1 Å². The minimum atomic E-state index is -1.18. The standard InChI is InChI=1S/C38H58O5/c1-9-11-14-35(39)42-31-19-18-28(6)30(24-31)25-34(43-36(40)15-12-10-2)38(41)23-13-22-37(8)32(20-21-33(37)38)29(7)17-16-27(5)26(3)4/h9-10,16-17,25-27,29,31-34,41H,1-2,6,11-15,18-24H2,3-5,7-8H3/b17-16+,30-25-/t27-,29+,31+,32+,33+,34+,37+,38-/m0/s1. The number of allylic oxidation sites excluding steroid dienone is 5. The molecule has 0 aromatic carbocycles. The lowest BCUT2D eigenvalue weighted by atomic mass is 9.56. The molecule has 240 valence electrons. The fourth-order valence-corrected chi connectivity index (χ4v) is 7.90. The van der Waals surface area contributed by atoms with Crippen LogP contribution in [0, 0.1) is 35.0 Å². The van der Waals surface area contributed by atoms with E-state index >= 15 is 0 Å². The first kappa shape index (κ1) is 35.1. The molecule has 0 unspecified atom stereocenters. The molecule has 3 rings (SSSR count). The largest absolute Gasteiger partial charge is 0.462 e. The highest BCUT2D eigenvalue weighted by Crippen LogP contribution is 2.62. The summed E-state index contributed by atoms with van der Waals surface area (Å²) in [6, 6.07) is 0. The molecule has 5 nitrogen and oxygen atoms in total. The van der Waals surface area contributed by atoms with Crippen LogP contribution < -0.4 is 0 Å². The first-order valence-electron chi connectivity index (χ1n) is 16.8. The summed E-state index contributed by atoms with van der Waals surface area (Å²) in [6.45, 7) is 23.2. The van der Waals surface area contributed by atoms with Gasteiger partial charge in [-0.2, -0.15) is 0 Å². The van der Waals surface area contributed by atoms with Crippen molar-refractivity contribution < 1.29 is 24.2 Å². The highest BCUT2D eigenvalue weighted by atomic mass is 16.6. The van der Waals surface area contributed by atoms with E-state index in [0.717, 1.165) is 36.8 Å². The topological polar surface area (TPSA) is 72.8 Å². The molecule has 0 amide bonds. The second-order valence-corrected chi connectivity index (χ2v) is 14.1. The van der Waals surface area contributed by atoms with Gasteiger partial charge in [-0.3, -0.25) is 9.59 Å². The molecule has 0 radical (unpaired) electrons. The molecule has 0 spiro atoms. The molecular formula is C38H58O5. The molecule has 0 aliphatic heterocycles. The molecule has 1 N–H and O–H groups in total. The van der Waals surface area contributed by atoms with Crippen molar-refractivity contribution in [3.63, 3.8) is 0 Å². The highest BCUT2D eigenvalue weighted by molar-refractivity contribution is 5.70. The van der Waals surface area contributed by atoms with Crippen molar-refractivity contribution in [3.8, 4) is 0 Å². The van der Waals surface area contributed by atoms with Crippen LogP contribution in [-0.2, 0) is 19.1 Å². The zero-order valence-electron chi connectivity index (χ0n) is 27.6. The van der Waals surface area contributed by atoms with Gasteiger partial charge in [-0.15, -0.1) is 13.2 Å². The first-order chi connectivity index (χ1) is 20.3. The van der Waals surface area contributed by atoms with Crippen LogP contribution in [0.5, 0.6) is 0 Å². The van der Waals surface area contributed by atoms with Crippen LogP contribution in [0.2, 0.25) is 0 Å². The molecule has 0 heterocycles. The number of aliphatic hydroxyl groups is 1. The van der Waals surface area contributed by atoms with Gasteiger partial charge < -0.3 is 14.6 Å². The first-order valence-corrected chi connectivity index (χ1v) is 16.8. The molecule has 5 heteroatoms. The van der Waals surface area contributed by atoms with Gasteiger partial charge in [-0.25, -0.2) is 0 Å². The Morgan fingerprint density at radius 1 is 1.00 bits per heavy atom. The van der Waals surface area contributed by atoms with E-state index in [-0.39, 0.29) is 35.8 Å². The molecule has 3 saturated carbocycles. The Balaban J connectivity index is 1.91. The minimum absolute atomic E-state index is 0.00978. The molecule has 0 bridgehead atoms. The van der Waals surface area contributed by atoms with Crippen molar-refractivity contribution in [3.05, 3.63) is 61.3 Å². The van der Waals surface area contributed by atoms with Crippen molar-refractivity contribution in [2.75, 3.05) is 0 Å². The maximum absolute atomic E-state index is 13.1. The third-order valence-corrected chi connectivity index (χ3v) is 10.9. The van der Waals surface area contributed by atoms with Crippen LogP contribution in [0.1, 0.15) is 112 Å². The monoisotopic (exact) mass is 594 g/mol. The van der Waals surface area contributed by atoms with E-state index in [1.807, 2.05) is 6.08 Å². The second kappa shape index (κ2) is 15.5.